The molecule has 0 saturated heterocycles. The van der Waals surface area contributed by atoms with Crippen molar-refractivity contribution in [2.45, 2.75) is 0 Å². The Labute approximate surface area is 148 Å². The van der Waals surface area contributed by atoms with Gasteiger partial charge < -0.3 is 10.1 Å². The number of aromatic nitrogens is 3. The minimum atomic E-state index is -0.324. The monoisotopic (exact) mass is 362 g/mol. The Morgan fingerprint density at radius 2 is 1.83 bits per heavy atom. The van der Waals surface area contributed by atoms with Crippen molar-refractivity contribution in [2.24, 2.45) is 0 Å². The summed E-state index contributed by atoms with van der Waals surface area (Å²) in [6.45, 7) is 0. The number of hydrogen-bond donors (Lipinski definition) is 1. The summed E-state index contributed by atoms with van der Waals surface area (Å²) in [5.74, 6) is 0.0158. The molecule has 0 radical (unpaired) electrons. The third-order valence-electron chi connectivity index (χ3n) is 3.27. The van der Waals surface area contributed by atoms with E-state index in [0.717, 1.165) is 5.69 Å². The van der Waals surface area contributed by atoms with Crippen LogP contribution < -0.4 is 10.1 Å². The van der Waals surface area contributed by atoms with Crippen LogP contribution in [0.4, 0.5) is 5.69 Å². The van der Waals surface area contributed by atoms with Crippen molar-refractivity contribution in [3.8, 4) is 11.4 Å². The Kier molecular flexibility index (Phi) is 4.69. The number of carbonyl (C=O) groups is 1. The molecule has 0 saturated carbocycles. The lowest BCUT2D eigenvalue weighted by molar-refractivity contribution is 0.102. The van der Waals surface area contributed by atoms with E-state index in [1.807, 2.05) is 12.1 Å². The third kappa shape index (κ3) is 3.34. The van der Waals surface area contributed by atoms with Gasteiger partial charge in [-0.15, -0.1) is 0 Å². The molecule has 0 bridgehead atoms. The lowest BCUT2D eigenvalue weighted by Gasteiger charge is -2.10. The van der Waals surface area contributed by atoms with Crippen molar-refractivity contribution in [3.63, 3.8) is 0 Å². The van der Waals surface area contributed by atoms with Crippen LogP contribution in [0, 0.1) is 0 Å². The maximum atomic E-state index is 12.3. The number of anilines is 1. The predicted molar refractivity (Wildman–Crippen MR) is 92.3 cm³/mol. The van der Waals surface area contributed by atoms with Gasteiger partial charge in [0.25, 0.3) is 5.91 Å². The number of nitrogens with one attached hydrogen (secondary N) is 1. The van der Waals surface area contributed by atoms with Crippen molar-refractivity contribution >= 4 is 34.8 Å². The number of nitrogens with zero attached hydrogens (tertiary/aromatic N) is 3. The SMILES string of the molecule is COc1c(Cl)cc(C(=O)Nc2ccc(-n3cncn3)cc2)cc1Cl. The summed E-state index contributed by atoms with van der Waals surface area (Å²) >= 11 is 12.1. The normalized spacial score (nSPS) is 10.5. The van der Waals surface area contributed by atoms with Crippen LogP contribution in [0.2, 0.25) is 10.0 Å². The van der Waals surface area contributed by atoms with Gasteiger partial charge in [0.1, 0.15) is 12.7 Å². The predicted octanol–water partition coefficient (Wildman–Crippen LogP) is 3.84. The lowest BCUT2D eigenvalue weighted by Crippen LogP contribution is -2.12. The van der Waals surface area contributed by atoms with Crippen molar-refractivity contribution in [1.29, 1.82) is 0 Å². The molecule has 0 aliphatic rings. The smallest absolute Gasteiger partial charge is 0.255 e. The van der Waals surface area contributed by atoms with Gasteiger partial charge >= 0.3 is 0 Å². The molecule has 122 valence electrons. The van der Waals surface area contributed by atoms with E-state index in [4.69, 9.17) is 27.9 Å². The van der Waals surface area contributed by atoms with Crippen molar-refractivity contribution in [1.82, 2.24) is 14.8 Å². The Bertz CT molecular complexity index is 841. The van der Waals surface area contributed by atoms with Gasteiger partial charge in [-0.2, -0.15) is 5.10 Å². The maximum Gasteiger partial charge on any atom is 0.255 e. The lowest BCUT2D eigenvalue weighted by atomic mass is 10.2. The average molecular weight is 363 g/mol. The van der Waals surface area contributed by atoms with Gasteiger partial charge in [-0.3, -0.25) is 4.79 Å². The standard InChI is InChI=1S/C16H12Cl2N4O2/c1-24-15-13(17)6-10(7-14(15)18)16(23)21-11-2-4-12(5-3-11)22-9-19-8-20-22/h2-9H,1H3,(H,21,23). The molecule has 3 rings (SSSR count). The molecule has 3 aromatic rings. The van der Waals surface area contributed by atoms with Crippen LogP contribution >= 0.6 is 23.2 Å². The quantitative estimate of drug-likeness (QED) is 0.765. The van der Waals surface area contributed by atoms with Gasteiger partial charge in [0, 0.05) is 11.3 Å². The highest BCUT2D eigenvalue weighted by Crippen LogP contribution is 2.34. The first kappa shape index (κ1) is 16.3. The largest absolute Gasteiger partial charge is 0.494 e. The van der Waals surface area contributed by atoms with Gasteiger partial charge in [0.15, 0.2) is 5.75 Å². The van der Waals surface area contributed by atoms with Crippen LogP contribution in [-0.4, -0.2) is 27.8 Å². The van der Waals surface area contributed by atoms with Crippen molar-refractivity contribution < 1.29 is 9.53 Å². The summed E-state index contributed by atoms with van der Waals surface area (Å²) in [6.07, 6.45) is 3.04. The summed E-state index contributed by atoms with van der Waals surface area (Å²) in [4.78, 5) is 16.2. The first-order chi connectivity index (χ1) is 11.6. The molecule has 1 aromatic heterocycles. The Hall–Kier alpha value is -2.57. The van der Waals surface area contributed by atoms with E-state index in [2.05, 4.69) is 15.4 Å². The first-order valence-corrected chi connectivity index (χ1v) is 7.63. The van der Waals surface area contributed by atoms with Crippen LogP contribution in [0.25, 0.3) is 5.69 Å². The molecule has 1 amide bonds. The summed E-state index contributed by atoms with van der Waals surface area (Å²) in [5, 5.41) is 7.37. The molecule has 0 aliphatic heterocycles. The summed E-state index contributed by atoms with van der Waals surface area (Å²) in [7, 11) is 1.46. The summed E-state index contributed by atoms with van der Waals surface area (Å²) in [5.41, 5.74) is 1.80. The van der Waals surface area contributed by atoms with Crippen LogP contribution in [0.15, 0.2) is 49.1 Å². The molecule has 1 heterocycles. The fraction of sp³-hybridized carbons (Fsp3) is 0.0625. The second kappa shape index (κ2) is 6.90. The van der Waals surface area contributed by atoms with Gasteiger partial charge in [-0.05, 0) is 36.4 Å². The molecule has 0 fully saturated rings. The topological polar surface area (TPSA) is 69.0 Å². The number of ether oxygens (including phenoxy) is 1. The average Bonchev–Trinajstić information content (AvgIpc) is 3.09. The summed E-state index contributed by atoms with van der Waals surface area (Å²) < 4.78 is 6.69. The number of methoxy groups -OCH3 is 1. The Morgan fingerprint density at radius 1 is 1.17 bits per heavy atom. The zero-order chi connectivity index (χ0) is 17.1. The second-order valence-electron chi connectivity index (χ2n) is 4.81. The number of benzene rings is 2. The fourth-order valence-corrected chi connectivity index (χ4v) is 2.77. The summed E-state index contributed by atoms with van der Waals surface area (Å²) in [6, 6.07) is 10.2. The molecular formula is C16H12Cl2N4O2. The molecule has 6 nitrogen and oxygen atoms in total. The second-order valence-corrected chi connectivity index (χ2v) is 5.63. The number of hydrogen-bond acceptors (Lipinski definition) is 4. The molecule has 2 aromatic carbocycles. The number of rotatable bonds is 4. The van der Waals surface area contributed by atoms with E-state index in [1.54, 1.807) is 23.1 Å². The van der Waals surface area contributed by atoms with Gasteiger partial charge in [-0.1, -0.05) is 23.2 Å². The number of halogens is 2. The zero-order valence-electron chi connectivity index (χ0n) is 12.5. The van der Waals surface area contributed by atoms with Crippen LogP contribution in [0.5, 0.6) is 5.75 Å². The van der Waals surface area contributed by atoms with E-state index in [-0.39, 0.29) is 16.0 Å². The molecule has 0 atom stereocenters. The van der Waals surface area contributed by atoms with E-state index in [9.17, 15) is 4.79 Å². The molecule has 8 heteroatoms. The van der Waals surface area contributed by atoms with E-state index in [1.165, 1.54) is 25.6 Å². The first-order valence-electron chi connectivity index (χ1n) is 6.88. The molecule has 0 spiro atoms. The van der Waals surface area contributed by atoms with Gasteiger partial charge in [0.05, 0.1) is 22.8 Å². The molecule has 24 heavy (non-hydrogen) atoms. The molecule has 1 N–H and O–H groups in total. The minimum Gasteiger partial charge on any atom is -0.494 e. The van der Waals surface area contributed by atoms with Crippen LogP contribution in [0.1, 0.15) is 10.4 Å². The van der Waals surface area contributed by atoms with Crippen LogP contribution in [-0.2, 0) is 0 Å². The minimum absolute atomic E-state index is 0.275. The Balaban J connectivity index is 1.77. The van der Waals surface area contributed by atoms with Crippen molar-refractivity contribution in [2.75, 3.05) is 12.4 Å². The Morgan fingerprint density at radius 3 is 2.38 bits per heavy atom. The van der Waals surface area contributed by atoms with Crippen LogP contribution in [0.3, 0.4) is 0 Å². The van der Waals surface area contributed by atoms with Gasteiger partial charge in [-0.25, -0.2) is 9.67 Å². The fourth-order valence-electron chi connectivity index (χ4n) is 2.13. The third-order valence-corrected chi connectivity index (χ3v) is 3.83. The highest BCUT2D eigenvalue weighted by Gasteiger charge is 2.13. The highest BCUT2D eigenvalue weighted by molar-refractivity contribution is 6.37. The maximum absolute atomic E-state index is 12.3. The number of carbonyl (C=O) groups excluding carboxylic acids is 1. The van der Waals surface area contributed by atoms with E-state index < -0.39 is 0 Å². The molecular weight excluding hydrogens is 351 g/mol. The van der Waals surface area contributed by atoms with E-state index >= 15 is 0 Å². The highest BCUT2D eigenvalue weighted by atomic mass is 35.5. The van der Waals surface area contributed by atoms with E-state index in [0.29, 0.717) is 17.0 Å². The van der Waals surface area contributed by atoms with Crippen molar-refractivity contribution in [3.05, 3.63) is 64.7 Å². The van der Waals surface area contributed by atoms with Gasteiger partial charge in [0.2, 0.25) is 0 Å². The molecule has 0 unspecified atom stereocenters. The zero-order valence-corrected chi connectivity index (χ0v) is 14.0. The number of amides is 1. The molecule has 0 aliphatic carbocycles.